The standard InChI is InChI=1S/C13H19ClFN/c1-8-5-9(10(14)6-11(8)15)12(16)7-13(2,3)4/h5-6,12H,7,16H2,1-4H3. The van der Waals surface area contributed by atoms with Crippen LogP contribution in [0, 0.1) is 18.2 Å². The molecule has 0 saturated carbocycles. The highest BCUT2D eigenvalue weighted by Gasteiger charge is 2.19. The zero-order valence-corrected chi connectivity index (χ0v) is 11.0. The largest absolute Gasteiger partial charge is 0.324 e. The van der Waals surface area contributed by atoms with Crippen molar-refractivity contribution in [1.82, 2.24) is 0 Å². The Morgan fingerprint density at radius 1 is 1.38 bits per heavy atom. The zero-order chi connectivity index (χ0) is 12.5. The minimum atomic E-state index is -0.281. The van der Waals surface area contributed by atoms with E-state index in [4.69, 9.17) is 17.3 Å². The number of hydrogen-bond acceptors (Lipinski definition) is 1. The molecule has 3 heteroatoms. The highest BCUT2D eigenvalue weighted by Crippen LogP contribution is 2.32. The third-order valence-electron chi connectivity index (χ3n) is 2.51. The number of aryl methyl sites for hydroxylation is 1. The fourth-order valence-electron chi connectivity index (χ4n) is 1.73. The highest BCUT2D eigenvalue weighted by molar-refractivity contribution is 6.31. The molecular formula is C13H19ClFN. The van der Waals surface area contributed by atoms with E-state index in [2.05, 4.69) is 20.8 Å². The Kier molecular flexibility index (Phi) is 3.97. The van der Waals surface area contributed by atoms with Gasteiger partial charge in [-0.15, -0.1) is 0 Å². The fourth-order valence-corrected chi connectivity index (χ4v) is 2.02. The maximum atomic E-state index is 13.2. The first-order chi connectivity index (χ1) is 7.20. The van der Waals surface area contributed by atoms with Gasteiger partial charge in [0.05, 0.1) is 0 Å². The summed E-state index contributed by atoms with van der Waals surface area (Å²) in [6.45, 7) is 8.09. The van der Waals surface area contributed by atoms with Crippen LogP contribution in [0.4, 0.5) is 4.39 Å². The van der Waals surface area contributed by atoms with Crippen LogP contribution in [-0.2, 0) is 0 Å². The lowest BCUT2D eigenvalue weighted by Crippen LogP contribution is -2.19. The molecule has 1 nitrogen and oxygen atoms in total. The van der Waals surface area contributed by atoms with Gasteiger partial charge in [0.25, 0.3) is 0 Å². The van der Waals surface area contributed by atoms with Gasteiger partial charge in [0.2, 0.25) is 0 Å². The van der Waals surface area contributed by atoms with Crippen molar-refractivity contribution >= 4 is 11.6 Å². The van der Waals surface area contributed by atoms with Gasteiger partial charge in [-0.05, 0) is 36.0 Å². The van der Waals surface area contributed by atoms with Crippen molar-refractivity contribution < 1.29 is 4.39 Å². The maximum absolute atomic E-state index is 13.2. The van der Waals surface area contributed by atoms with Crippen LogP contribution < -0.4 is 5.73 Å². The summed E-state index contributed by atoms with van der Waals surface area (Å²) in [5, 5.41) is 0.417. The second-order valence-electron chi connectivity index (χ2n) is 5.49. The summed E-state index contributed by atoms with van der Waals surface area (Å²) in [6.07, 6.45) is 0.817. The Balaban J connectivity index is 3.00. The first-order valence-corrected chi connectivity index (χ1v) is 5.79. The van der Waals surface area contributed by atoms with Crippen molar-refractivity contribution in [3.63, 3.8) is 0 Å². The topological polar surface area (TPSA) is 26.0 Å². The van der Waals surface area contributed by atoms with E-state index in [1.165, 1.54) is 6.07 Å². The average Bonchev–Trinajstić information content (AvgIpc) is 2.08. The van der Waals surface area contributed by atoms with Crippen LogP contribution in [0.15, 0.2) is 12.1 Å². The Bertz CT molecular complexity index is 382. The molecular weight excluding hydrogens is 225 g/mol. The molecule has 0 aromatic heterocycles. The first-order valence-electron chi connectivity index (χ1n) is 5.42. The summed E-state index contributed by atoms with van der Waals surface area (Å²) < 4.78 is 13.2. The van der Waals surface area contributed by atoms with Gasteiger partial charge >= 0.3 is 0 Å². The van der Waals surface area contributed by atoms with Gasteiger partial charge < -0.3 is 5.73 Å². The average molecular weight is 244 g/mol. The molecule has 1 unspecified atom stereocenters. The van der Waals surface area contributed by atoms with Gasteiger partial charge in [0.15, 0.2) is 0 Å². The summed E-state index contributed by atoms with van der Waals surface area (Å²) in [7, 11) is 0. The van der Waals surface area contributed by atoms with E-state index < -0.39 is 0 Å². The van der Waals surface area contributed by atoms with Crippen LogP contribution in [0.25, 0.3) is 0 Å². The van der Waals surface area contributed by atoms with Crippen molar-refractivity contribution in [2.45, 2.75) is 40.2 Å². The molecule has 0 radical (unpaired) electrons. The van der Waals surface area contributed by atoms with Gasteiger partial charge in [0.1, 0.15) is 5.82 Å². The van der Waals surface area contributed by atoms with E-state index in [9.17, 15) is 4.39 Å². The fraction of sp³-hybridized carbons (Fsp3) is 0.538. The van der Waals surface area contributed by atoms with Crippen LogP contribution in [-0.4, -0.2) is 0 Å². The molecule has 1 aromatic carbocycles. The SMILES string of the molecule is Cc1cc(C(N)CC(C)(C)C)c(Cl)cc1F. The summed E-state index contributed by atoms with van der Waals surface area (Å²) >= 11 is 6.01. The number of halogens is 2. The van der Waals surface area contributed by atoms with Gasteiger partial charge in [-0.25, -0.2) is 4.39 Å². The highest BCUT2D eigenvalue weighted by atomic mass is 35.5. The molecule has 1 aromatic rings. The molecule has 0 bridgehead atoms. The molecule has 0 heterocycles. The Morgan fingerprint density at radius 3 is 2.44 bits per heavy atom. The number of nitrogens with two attached hydrogens (primary N) is 1. The molecule has 0 aliphatic heterocycles. The Hall–Kier alpha value is -0.600. The molecule has 0 fully saturated rings. The summed E-state index contributed by atoms with van der Waals surface area (Å²) in [5.74, 6) is -0.281. The van der Waals surface area contributed by atoms with Crippen molar-refractivity contribution in [2.24, 2.45) is 11.1 Å². The number of benzene rings is 1. The smallest absolute Gasteiger partial charge is 0.127 e. The normalized spacial score (nSPS) is 13.9. The van der Waals surface area contributed by atoms with Crippen LogP contribution in [0.3, 0.4) is 0 Å². The Labute approximate surface area is 102 Å². The lowest BCUT2D eigenvalue weighted by Gasteiger charge is -2.24. The minimum Gasteiger partial charge on any atom is -0.324 e. The van der Waals surface area contributed by atoms with Gasteiger partial charge in [0, 0.05) is 11.1 Å². The van der Waals surface area contributed by atoms with E-state index in [1.807, 2.05) is 0 Å². The molecule has 0 amide bonds. The predicted octanol–water partition coefficient (Wildman–Crippen LogP) is 4.22. The van der Waals surface area contributed by atoms with Crippen molar-refractivity contribution in [2.75, 3.05) is 0 Å². The van der Waals surface area contributed by atoms with Crippen LogP contribution in [0.2, 0.25) is 5.02 Å². The molecule has 0 aliphatic carbocycles. The molecule has 0 spiro atoms. The maximum Gasteiger partial charge on any atom is 0.127 e. The second-order valence-corrected chi connectivity index (χ2v) is 5.90. The van der Waals surface area contributed by atoms with Crippen LogP contribution >= 0.6 is 11.6 Å². The molecule has 1 atom stereocenters. The predicted molar refractivity (Wildman–Crippen MR) is 67.1 cm³/mol. The second kappa shape index (κ2) is 4.72. The summed E-state index contributed by atoms with van der Waals surface area (Å²) in [4.78, 5) is 0. The summed E-state index contributed by atoms with van der Waals surface area (Å²) in [6, 6.07) is 2.94. The molecule has 90 valence electrons. The van der Waals surface area contributed by atoms with E-state index in [1.54, 1.807) is 13.0 Å². The van der Waals surface area contributed by atoms with Crippen molar-refractivity contribution in [1.29, 1.82) is 0 Å². The van der Waals surface area contributed by atoms with Gasteiger partial charge in [-0.2, -0.15) is 0 Å². The number of hydrogen-bond donors (Lipinski definition) is 1. The molecule has 2 N–H and O–H groups in total. The Morgan fingerprint density at radius 2 is 1.94 bits per heavy atom. The van der Waals surface area contributed by atoms with E-state index in [0.29, 0.717) is 10.6 Å². The van der Waals surface area contributed by atoms with E-state index in [-0.39, 0.29) is 17.3 Å². The lowest BCUT2D eigenvalue weighted by molar-refractivity contribution is 0.342. The van der Waals surface area contributed by atoms with Gasteiger partial charge in [-0.1, -0.05) is 38.4 Å². The minimum absolute atomic E-state index is 0.130. The molecule has 0 saturated heterocycles. The molecule has 1 rings (SSSR count). The molecule has 16 heavy (non-hydrogen) atoms. The molecule has 0 aliphatic rings. The summed E-state index contributed by atoms with van der Waals surface area (Å²) in [5.41, 5.74) is 7.64. The van der Waals surface area contributed by atoms with Crippen molar-refractivity contribution in [3.05, 3.63) is 34.1 Å². The lowest BCUT2D eigenvalue weighted by atomic mass is 9.85. The van der Waals surface area contributed by atoms with Crippen LogP contribution in [0.1, 0.15) is 44.4 Å². The van der Waals surface area contributed by atoms with E-state index in [0.717, 1.165) is 12.0 Å². The van der Waals surface area contributed by atoms with Gasteiger partial charge in [-0.3, -0.25) is 0 Å². The number of rotatable bonds is 2. The quantitative estimate of drug-likeness (QED) is 0.827. The monoisotopic (exact) mass is 243 g/mol. The third-order valence-corrected chi connectivity index (χ3v) is 2.84. The first kappa shape index (κ1) is 13.5. The van der Waals surface area contributed by atoms with E-state index >= 15 is 0 Å². The van der Waals surface area contributed by atoms with Crippen LogP contribution in [0.5, 0.6) is 0 Å². The van der Waals surface area contributed by atoms with Crippen molar-refractivity contribution in [3.8, 4) is 0 Å². The zero-order valence-electron chi connectivity index (χ0n) is 10.3. The third kappa shape index (κ3) is 3.46.